The van der Waals surface area contributed by atoms with Crippen molar-refractivity contribution in [1.29, 1.82) is 0 Å². The third kappa shape index (κ3) is 5.95. The molecule has 2 unspecified atom stereocenters. The van der Waals surface area contributed by atoms with E-state index in [1.165, 1.54) is 19.3 Å². The number of nitrogens with zero attached hydrogens (tertiary/aromatic N) is 2. The van der Waals surface area contributed by atoms with Crippen LogP contribution in [0.4, 0.5) is 0 Å². The first-order chi connectivity index (χ1) is 12.1. The molecule has 0 bridgehead atoms. The van der Waals surface area contributed by atoms with Crippen molar-refractivity contribution in [3.8, 4) is 0 Å². The van der Waals surface area contributed by atoms with E-state index in [4.69, 9.17) is 9.47 Å². The van der Waals surface area contributed by atoms with Gasteiger partial charge in [0, 0.05) is 39.9 Å². The normalized spacial score (nSPS) is 27.4. The molecule has 26 heavy (non-hydrogen) atoms. The first-order valence-corrected chi connectivity index (χ1v) is 9.57. The van der Waals surface area contributed by atoms with Crippen molar-refractivity contribution in [3.63, 3.8) is 0 Å². The number of carbonyl (C=O) groups excluding carboxylic acids is 1. The fourth-order valence-corrected chi connectivity index (χ4v) is 3.72. The summed E-state index contributed by atoms with van der Waals surface area (Å²) in [4.78, 5) is 17.9. The molecular weight excluding hydrogens is 447 g/mol. The molecule has 2 aliphatic heterocycles. The van der Waals surface area contributed by atoms with E-state index in [1.807, 2.05) is 0 Å². The Bertz CT molecular complexity index is 491. The highest BCUT2D eigenvalue weighted by atomic mass is 127. The van der Waals surface area contributed by atoms with Gasteiger partial charge in [0.2, 0.25) is 5.91 Å². The summed E-state index contributed by atoms with van der Waals surface area (Å²) in [7, 11) is 3.51. The molecule has 2 atom stereocenters. The Labute approximate surface area is 173 Å². The summed E-state index contributed by atoms with van der Waals surface area (Å²) >= 11 is 0. The summed E-state index contributed by atoms with van der Waals surface area (Å²) in [6.45, 7) is 2.53. The molecule has 2 saturated heterocycles. The van der Waals surface area contributed by atoms with Crippen LogP contribution in [0.2, 0.25) is 0 Å². The van der Waals surface area contributed by atoms with Crippen molar-refractivity contribution in [2.45, 2.75) is 62.7 Å². The second-order valence-corrected chi connectivity index (χ2v) is 7.69. The molecule has 0 radical (unpaired) electrons. The predicted octanol–water partition coefficient (Wildman–Crippen LogP) is 1.51. The molecule has 1 aliphatic carbocycles. The number of aliphatic imine (C=N–C) groups is 1. The molecule has 0 aromatic rings. The molecule has 3 fully saturated rings. The number of nitrogens with one attached hydrogen (secondary N) is 2. The van der Waals surface area contributed by atoms with Crippen molar-refractivity contribution < 1.29 is 14.3 Å². The lowest BCUT2D eigenvalue weighted by molar-refractivity contribution is -0.134. The van der Waals surface area contributed by atoms with Crippen LogP contribution in [-0.4, -0.2) is 74.9 Å². The minimum Gasteiger partial charge on any atom is -0.376 e. The maximum Gasteiger partial charge on any atom is 0.243 e. The van der Waals surface area contributed by atoms with Gasteiger partial charge in [0.25, 0.3) is 0 Å². The van der Waals surface area contributed by atoms with E-state index in [-0.39, 0.29) is 48.1 Å². The van der Waals surface area contributed by atoms with E-state index in [9.17, 15) is 4.79 Å². The summed E-state index contributed by atoms with van der Waals surface area (Å²) in [5.74, 6) is 0.715. The van der Waals surface area contributed by atoms with Gasteiger partial charge in [-0.05, 0) is 44.9 Å². The topological polar surface area (TPSA) is 75.2 Å². The molecule has 2 heterocycles. The third-order valence-corrected chi connectivity index (χ3v) is 5.49. The number of halogens is 1. The summed E-state index contributed by atoms with van der Waals surface area (Å²) in [6, 6.07) is 0.347. The number of guanidine groups is 1. The van der Waals surface area contributed by atoms with Gasteiger partial charge in [0.15, 0.2) is 5.96 Å². The minimum absolute atomic E-state index is 0. The number of hydrogen-bond acceptors (Lipinski definition) is 4. The molecule has 0 aromatic heterocycles. The van der Waals surface area contributed by atoms with Crippen LogP contribution in [0.15, 0.2) is 4.99 Å². The molecule has 150 valence electrons. The number of amides is 1. The molecule has 0 aromatic carbocycles. The van der Waals surface area contributed by atoms with Crippen LogP contribution in [0.3, 0.4) is 0 Å². The molecule has 8 heteroatoms. The second kappa shape index (κ2) is 10.1. The lowest BCUT2D eigenvalue weighted by Crippen LogP contribution is -2.54. The largest absolute Gasteiger partial charge is 0.376 e. The van der Waals surface area contributed by atoms with Gasteiger partial charge < -0.3 is 25.0 Å². The SMILES string of the molecule is CN(C)C(=O)CN=C(NCC1CCCO1)NC1CCOC2(CCC2)C1.I. The van der Waals surface area contributed by atoms with Crippen molar-refractivity contribution >= 4 is 35.8 Å². The second-order valence-electron chi connectivity index (χ2n) is 7.69. The van der Waals surface area contributed by atoms with E-state index in [2.05, 4.69) is 15.6 Å². The molecule has 3 aliphatic rings. The van der Waals surface area contributed by atoms with Gasteiger partial charge in [-0.2, -0.15) is 0 Å². The molecule has 1 saturated carbocycles. The summed E-state index contributed by atoms with van der Waals surface area (Å²) in [5.41, 5.74) is 0.0923. The molecule has 3 rings (SSSR count). The highest BCUT2D eigenvalue weighted by Crippen LogP contribution is 2.42. The van der Waals surface area contributed by atoms with Gasteiger partial charge in [-0.15, -0.1) is 24.0 Å². The predicted molar refractivity (Wildman–Crippen MR) is 112 cm³/mol. The quantitative estimate of drug-likeness (QED) is 0.355. The van der Waals surface area contributed by atoms with Crippen molar-refractivity contribution in [2.75, 3.05) is 40.4 Å². The van der Waals surface area contributed by atoms with Crippen LogP contribution < -0.4 is 10.6 Å². The number of rotatable bonds is 5. The average molecular weight is 480 g/mol. The summed E-state index contributed by atoms with van der Waals surface area (Å²) in [5, 5.41) is 6.90. The maximum absolute atomic E-state index is 11.9. The van der Waals surface area contributed by atoms with Gasteiger partial charge >= 0.3 is 0 Å². The lowest BCUT2D eigenvalue weighted by Gasteiger charge is -2.47. The Balaban J connectivity index is 0.00000243. The Morgan fingerprint density at radius 2 is 2.04 bits per heavy atom. The van der Waals surface area contributed by atoms with Crippen LogP contribution in [0.25, 0.3) is 0 Å². The Morgan fingerprint density at radius 3 is 2.65 bits per heavy atom. The van der Waals surface area contributed by atoms with Crippen molar-refractivity contribution in [1.82, 2.24) is 15.5 Å². The molecular formula is C18H33IN4O3. The number of hydrogen-bond donors (Lipinski definition) is 2. The van der Waals surface area contributed by atoms with E-state index < -0.39 is 0 Å². The van der Waals surface area contributed by atoms with Crippen LogP contribution in [0.1, 0.15) is 44.9 Å². The number of ether oxygens (including phenoxy) is 2. The van der Waals surface area contributed by atoms with Crippen molar-refractivity contribution in [2.24, 2.45) is 4.99 Å². The molecule has 2 N–H and O–H groups in total. The van der Waals surface area contributed by atoms with Crippen LogP contribution in [0, 0.1) is 0 Å². The van der Waals surface area contributed by atoms with E-state index >= 15 is 0 Å². The van der Waals surface area contributed by atoms with Gasteiger partial charge in [-0.25, -0.2) is 4.99 Å². The van der Waals surface area contributed by atoms with Crippen LogP contribution >= 0.6 is 24.0 Å². The fraction of sp³-hybridized carbons (Fsp3) is 0.889. The van der Waals surface area contributed by atoms with E-state index in [0.717, 1.165) is 45.4 Å². The van der Waals surface area contributed by atoms with Gasteiger partial charge in [-0.1, -0.05) is 0 Å². The van der Waals surface area contributed by atoms with Gasteiger partial charge in [-0.3, -0.25) is 4.79 Å². The monoisotopic (exact) mass is 480 g/mol. The zero-order chi connectivity index (χ0) is 17.7. The smallest absolute Gasteiger partial charge is 0.243 e. The third-order valence-electron chi connectivity index (χ3n) is 5.49. The maximum atomic E-state index is 11.9. The first-order valence-electron chi connectivity index (χ1n) is 9.57. The Kier molecular flexibility index (Phi) is 8.41. The standard InChI is InChI=1S/C18H32N4O3.HI/c1-22(2)16(23)13-20-17(19-12-15-5-3-9-24-15)21-14-6-10-25-18(11-14)7-4-8-18;/h14-15H,3-13H2,1-2H3,(H2,19,20,21);1H. The zero-order valence-electron chi connectivity index (χ0n) is 16.0. The fourth-order valence-electron chi connectivity index (χ4n) is 3.72. The first kappa shape index (κ1) is 21.7. The molecule has 1 spiro atoms. The Hall–Kier alpha value is -0.610. The molecule has 1 amide bonds. The minimum atomic E-state index is 0. The highest BCUT2D eigenvalue weighted by molar-refractivity contribution is 14.0. The number of likely N-dealkylation sites (N-methyl/N-ethyl adjacent to an activating group) is 1. The lowest BCUT2D eigenvalue weighted by atomic mass is 9.74. The van der Waals surface area contributed by atoms with Crippen molar-refractivity contribution in [3.05, 3.63) is 0 Å². The summed E-state index contributed by atoms with van der Waals surface area (Å²) < 4.78 is 11.7. The number of carbonyl (C=O) groups is 1. The van der Waals surface area contributed by atoms with Gasteiger partial charge in [0.05, 0.1) is 11.7 Å². The Morgan fingerprint density at radius 1 is 1.23 bits per heavy atom. The van der Waals surface area contributed by atoms with E-state index in [0.29, 0.717) is 12.0 Å². The zero-order valence-corrected chi connectivity index (χ0v) is 18.3. The molecule has 7 nitrogen and oxygen atoms in total. The van der Waals surface area contributed by atoms with Crippen LogP contribution in [0.5, 0.6) is 0 Å². The average Bonchev–Trinajstić information content (AvgIpc) is 3.09. The van der Waals surface area contributed by atoms with Gasteiger partial charge in [0.1, 0.15) is 6.54 Å². The van der Waals surface area contributed by atoms with Crippen LogP contribution in [-0.2, 0) is 14.3 Å². The van der Waals surface area contributed by atoms with E-state index in [1.54, 1.807) is 19.0 Å². The summed E-state index contributed by atoms with van der Waals surface area (Å²) in [6.07, 6.45) is 8.04. The highest BCUT2D eigenvalue weighted by Gasteiger charge is 2.42.